The van der Waals surface area contributed by atoms with Gasteiger partial charge in [0.2, 0.25) is 0 Å². The van der Waals surface area contributed by atoms with Gasteiger partial charge < -0.3 is 0 Å². The molecule has 0 radical (unpaired) electrons. The Hall–Kier alpha value is 0.150. The van der Waals surface area contributed by atoms with Crippen LogP contribution in [0.5, 0.6) is 0 Å². The summed E-state index contributed by atoms with van der Waals surface area (Å²) in [6.07, 6.45) is 1.17. The fourth-order valence-corrected chi connectivity index (χ4v) is 3.17. The molecule has 10 heavy (non-hydrogen) atoms. The predicted molar refractivity (Wildman–Crippen MR) is 45.4 cm³/mol. The summed E-state index contributed by atoms with van der Waals surface area (Å²) in [6.45, 7) is 6.54. The molecule has 2 heteroatoms. The summed E-state index contributed by atoms with van der Waals surface area (Å²) >= 11 is 0. The van der Waals surface area contributed by atoms with Crippen molar-refractivity contribution in [1.29, 1.82) is 0 Å². The van der Waals surface area contributed by atoms with Gasteiger partial charge in [-0.2, -0.15) is 0 Å². The summed E-state index contributed by atoms with van der Waals surface area (Å²) in [7, 11) is -0.518. The van der Waals surface area contributed by atoms with Crippen molar-refractivity contribution in [3.63, 3.8) is 0 Å². The average Bonchev–Trinajstić information content (AvgIpc) is 2.13. The zero-order chi connectivity index (χ0) is 7.72. The minimum absolute atomic E-state index is 0.451. The summed E-state index contributed by atoms with van der Waals surface area (Å²) in [6, 6.07) is 0. The first-order valence-electron chi connectivity index (χ1n) is 3.98. The molecule has 0 N–H and O–H groups in total. The van der Waals surface area contributed by atoms with E-state index in [0.29, 0.717) is 11.2 Å². The lowest BCUT2D eigenvalue weighted by Gasteiger charge is -2.10. The highest BCUT2D eigenvalue weighted by molar-refractivity contribution is 7.85. The van der Waals surface area contributed by atoms with E-state index < -0.39 is 10.8 Å². The largest absolute Gasteiger partial charge is 0.259 e. The predicted octanol–water partition coefficient (Wildman–Crippen LogP) is 1.80. The minimum Gasteiger partial charge on any atom is -0.259 e. The van der Waals surface area contributed by atoms with E-state index in [2.05, 4.69) is 20.8 Å². The Labute approximate surface area is 65.7 Å². The molecule has 1 nitrogen and oxygen atoms in total. The summed E-state index contributed by atoms with van der Waals surface area (Å²) in [5, 5.41) is 0.451. The van der Waals surface area contributed by atoms with Gasteiger partial charge in [0.25, 0.3) is 0 Å². The molecule has 0 aliphatic carbocycles. The minimum atomic E-state index is -0.518. The molecule has 0 aromatic carbocycles. The highest BCUT2D eigenvalue weighted by Crippen LogP contribution is 2.27. The Morgan fingerprint density at radius 1 is 1.50 bits per heavy atom. The van der Waals surface area contributed by atoms with Gasteiger partial charge in [-0.05, 0) is 18.3 Å². The van der Waals surface area contributed by atoms with Crippen LogP contribution in [0.2, 0.25) is 0 Å². The zero-order valence-electron chi connectivity index (χ0n) is 6.96. The van der Waals surface area contributed by atoms with Crippen LogP contribution in [0.15, 0.2) is 0 Å². The standard InChI is InChI=1S/C8H16OS/c1-6(2)8-4-7(3)10(9)5-8/h6-8H,4-5H2,1-3H3. The maximum absolute atomic E-state index is 11.2. The molecule has 3 atom stereocenters. The summed E-state index contributed by atoms with van der Waals surface area (Å²) < 4.78 is 11.2. The third kappa shape index (κ3) is 1.60. The van der Waals surface area contributed by atoms with Gasteiger partial charge in [-0.15, -0.1) is 0 Å². The van der Waals surface area contributed by atoms with Crippen molar-refractivity contribution in [3.05, 3.63) is 0 Å². The average molecular weight is 160 g/mol. The van der Waals surface area contributed by atoms with Crippen LogP contribution >= 0.6 is 0 Å². The summed E-state index contributed by atoms with van der Waals surface area (Å²) in [4.78, 5) is 0. The van der Waals surface area contributed by atoms with E-state index in [-0.39, 0.29) is 0 Å². The molecule has 1 rings (SSSR count). The van der Waals surface area contributed by atoms with Gasteiger partial charge in [0.1, 0.15) is 0 Å². The monoisotopic (exact) mass is 160 g/mol. The summed E-state index contributed by atoms with van der Waals surface area (Å²) in [5.74, 6) is 2.38. The van der Waals surface area contributed by atoms with Crippen molar-refractivity contribution in [1.82, 2.24) is 0 Å². The van der Waals surface area contributed by atoms with Crippen LogP contribution in [0.3, 0.4) is 0 Å². The molecule has 0 saturated carbocycles. The molecular weight excluding hydrogens is 144 g/mol. The molecule has 0 spiro atoms. The van der Waals surface area contributed by atoms with Crippen LogP contribution in [0.4, 0.5) is 0 Å². The molecule has 1 aliphatic rings. The van der Waals surface area contributed by atoms with Gasteiger partial charge in [0, 0.05) is 21.8 Å². The van der Waals surface area contributed by atoms with Crippen LogP contribution in [0.1, 0.15) is 27.2 Å². The van der Waals surface area contributed by atoms with Crippen LogP contribution in [0, 0.1) is 11.8 Å². The molecule has 0 amide bonds. The molecule has 0 aromatic rings. The fraction of sp³-hybridized carbons (Fsp3) is 1.00. The van der Waals surface area contributed by atoms with Gasteiger partial charge in [-0.3, -0.25) is 4.21 Å². The van der Waals surface area contributed by atoms with Crippen LogP contribution < -0.4 is 0 Å². The van der Waals surface area contributed by atoms with E-state index in [1.807, 2.05) is 0 Å². The number of hydrogen-bond acceptors (Lipinski definition) is 1. The number of hydrogen-bond donors (Lipinski definition) is 0. The second kappa shape index (κ2) is 3.04. The third-order valence-corrected chi connectivity index (χ3v) is 4.25. The van der Waals surface area contributed by atoms with E-state index in [1.165, 1.54) is 6.42 Å². The third-order valence-electron chi connectivity index (χ3n) is 2.40. The maximum Gasteiger partial charge on any atom is 0.0322 e. The van der Waals surface area contributed by atoms with E-state index in [9.17, 15) is 4.21 Å². The lowest BCUT2D eigenvalue weighted by Crippen LogP contribution is -2.07. The Bertz CT molecular complexity index is 142. The lowest BCUT2D eigenvalue weighted by molar-refractivity contribution is 0.415. The van der Waals surface area contributed by atoms with Crippen molar-refractivity contribution in [2.45, 2.75) is 32.4 Å². The first-order valence-corrected chi connectivity index (χ1v) is 5.36. The topological polar surface area (TPSA) is 17.1 Å². The quantitative estimate of drug-likeness (QED) is 0.571. The van der Waals surface area contributed by atoms with Crippen molar-refractivity contribution in [2.75, 3.05) is 5.75 Å². The molecule has 60 valence electrons. The summed E-state index contributed by atoms with van der Waals surface area (Å²) in [5.41, 5.74) is 0. The molecule has 1 saturated heterocycles. The van der Waals surface area contributed by atoms with Gasteiger partial charge in [0.05, 0.1) is 0 Å². The van der Waals surface area contributed by atoms with Gasteiger partial charge in [-0.1, -0.05) is 20.8 Å². The van der Waals surface area contributed by atoms with E-state index in [0.717, 1.165) is 11.7 Å². The van der Waals surface area contributed by atoms with Crippen molar-refractivity contribution in [2.24, 2.45) is 11.8 Å². The van der Waals surface area contributed by atoms with Crippen LogP contribution in [-0.4, -0.2) is 15.2 Å². The fourth-order valence-electron chi connectivity index (χ4n) is 1.44. The van der Waals surface area contributed by atoms with Gasteiger partial charge >= 0.3 is 0 Å². The van der Waals surface area contributed by atoms with E-state index in [1.54, 1.807) is 0 Å². The smallest absolute Gasteiger partial charge is 0.0322 e. The normalized spacial score (nSPS) is 41.0. The van der Waals surface area contributed by atoms with E-state index in [4.69, 9.17) is 0 Å². The maximum atomic E-state index is 11.2. The molecule has 3 unspecified atom stereocenters. The van der Waals surface area contributed by atoms with Gasteiger partial charge in [0.15, 0.2) is 0 Å². The Kier molecular flexibility index (Phi) is 2.50. The van der Waals surface area contributed by atoms with Crippen LogP contribution in [-0.2, 0) is 10.8 Å². The first kappa shape index (κ1) is 8.25. The highest BCUT2D eigenvalue weighted by Gasteiger charge is 2.29. The van der Waals surface area contributed by atoms with Gasteiger partial charge in [-0.25, -0.2) is 0 Å². The van der Waals surface area contributed by atoms with Crippen molar-refractivity contribution >= 4 is 10.8 Å². The molecule has 1 aliphatic heterocycles. The second-order valence-electron chi connectivity index (χ2n) is 3.60. The molecule has 0 bridgehead atoms. The van der Waals surface area contributed by atoms with Crippen LogP contribution in [0.25, 0.3) is 0 Å². The molecular formula is C8H16OS. The lowest BCUT2D eigenvalue weighted by atomic mass is 9.94. The molecule has 0 aromatic heterocycles. The Balaban J connectivity index is 2.49. The molecule has 1 heterocycles. The first-order chi connectivity index (χ1) is 4.61. The van der Waals surface area contributed by atoms with Crippen molar-refractivity contribution in [3.8, 4) is 0 Å². The van der Waals surface area contributed by atoms with Crippen molar-refractivity contribution < 1.29 is 4.21 Å². The Morgan fingerprint density at radius 2 is 2.10 bits per heavy atom. The zero-order valence-corrected chi connectivity index (χ0v) is 7.78. The Morgan fingerprint density at radius 3 is 2.30 bits per heavy atom. The van der Waals surface area contributed by atoms with E-state index >= 15 is 0 Å². The second-order valence-corrected chi connectivity index (χ2v) is 5.50. The number of rotatable bonds is 1. The SMILES string of the molecule is CC(C)C1CC(C)S(=O)C1. The highest BCUT2D eigenvalue weighted by atomic mass is 32.2. The molecule has 1 fully saturated rings.